The average molecular weight is 422 g/mol. The first-order chi connectivity index (χ1) is 13.8. The number of amides is 1. The van der Waals surface area contributed by atoms with Gasteiger partial charge in [-0.3, -0.25) is 4.79 Å². The van der Waals surface area contributed by atoms with Crippen molar-refractivity contribution >= 4 is 22.0 Å². The Morgan fingerprint density at radius 3 is 2.41 bits per heavy atom. The number of aryl methyl sites for hydroxylation is 1. The van der Waals surface area contributed by atoms with E-state index in [-0.39, 0.29) is 17.7 Å². The Balaban J connectivity index is 1.59. The van der Waals surface area contributed by atoms with Gasteiger partial charge in [0.1, 0.15) is 0 Å². The molecule has 2 heterocycles. The topological polar surface area (TPSA) is 71.4 Å². The second kappa shape index (κ2) is 9.47. The number of piperidine rings is 1. The van der Waals surface area contributed by atoms with Gasteiger partial charge < -0.3 is 9.47 Å². The molecule has 0 unspecified atom stereocenters. The van der Waals surface area contributed by atoms with E-state index in [1.807, 2.05) is 11.0 Å². The minimum Gasteiger partial charge on any atom is -0.346 e. The van der Waals surface area contributed by atoms with Gasteiger partial charge in [0.15, 0.2) is 0 Å². The van der Waals surface area contributed by atoms with E-state index in [0.29, 0.717) is 32.0 Å². The molecule has 1 aliphatic carbocycles. The van der Waals surface area contributed by atoms with E-state index in [9.17, 15) is 13.2 Å². The predicted molar refractivity (Wildman–Crippen MR) is 117 cm³/mol. The number of nitrogens with zero attached hydrogens (tertiary/aromatic N) is 2. The lowest BCUT2D eigenvalue weighted by Gasteiger charge is -2.31. The van der Waals surface area contributed by atoms with Crippen LogP contribution in [0.25, 0.3) is 6.08 Å². The molecule has 6 nitrogen and oxygen atoms in total. The van der Waals surface area contributed by atoms with Crippen molar-refractivity contribution in [1.29, 1.82) is 0 Å². The number of nitrogens with one attached hydrogen (secondary N) is 1. The van der Waals surface area contributed by atoms with Crippen LogP contribution in [0.3, 0.4) is 0 Å². The van der Waals surface area contributed by atoms with Gasteiger partial charge >= 0.3 is 0 Å². The summed E-state index contributed by atoms with van der Waals surface area (Å²) >= 11 is 0. The van der Waals surface area contributed by atoms with Crippen LogP contribution in [0.4, 0.5) is 0 Å². The van der Waals surface area contributed by atoms with Crippen molar-refractivity contribution < 1.29 is 13.2 Å². The number of hydrogen-bond donors (Lipinski definition) is 1. The Bertz CT molecular complexity index is 843. The summed E-state index contributed by atoms with van der Waals surface area (Å²) in [6.45, 7) is 7.11. The number of carbonyl (C=O) groups is 1. The quantitative estimate of drug-likeness (QED) is 0.714. The van der Waals surface area contributed by atoms with Crippen molar-refractivity contribution in [3.63, 3.8) is 0 Å². The zero-order valence-corrected chi connectivity index (χ0v) is 18.8. The summed E-state index contributed by atoms with van der Waals surface area (Å²) in [5.74, 6) is 0.0954. The summed E-state index contributed by atoms with van der Waals surface area (Å²) in [6, 6.07) is 2.70. The molecule has 0 spiro atoms. The molecule has 29 heavy (non-hydrogen) atoms. The van der Waals surface area contributed by atoms with Crippen LogP contribution in [0, 0.1) is 13.8 Å². The number of rotatable bonds is 6. The molecule has 2 fully saturated rings. The molecule has 0 atom stereocenters. The molecule has 1 N–H and O–H groups in total. The number of aromatic nitrogens is 1. The molecule has 1 saturated carbocycles. The van der Waals surface area contributed by atoms with Gasteiger partial charge in [0, 0.05) is 42.6 Å². The second-order valence-electron chi connectivity index (χ2n) is 8.44. The standard InChI is InChI=1S/C22H35N3O3S/c1-4-29(27,28)23-20-12-14-24(15-13-20)22(26)11-10-19-16-17(2)25(18(19)3)21-8-6-5-7-9-21/h10-11,16,20-21,23H,4-9,12-15H2,1-3H3. The van der Waals surface area contributed by atoms with Crippen molar-refractivity contribution in [2.24, 2.45) is 0 Å². The largest absolute Gasteiger partial charge is 0.346 e. The summed E-state index contributed by atoms with van der Waals surface area (Å²) in [5.41, 5.74) is 3.63. The zero-order valence-electron chi connectivity index (χ0n) is 18.0. The maximum Gasteiger partial charge on any atom is 0.246 e. The van der Waals surface area contributed by atoms with Gasteiger partial charge in [-0.15, -0.1) is 0 Å². The summed E-state index contributed by atoms with van der Waals surface area (Å²) in [5, 5.41) is 0. The fraction of sp³-hybridized carbons (Fsp3) is 0.682. The Morgan fingerprint density at radius 2 is 1.79 bits per heavy atom. The van der Waals surface area contributed by atoms with Gasteiger partial charge in [-0.25, -0.2) is 13.1 Å². The van der Waals surface area contributed by atoms with Gasteiger partial charge in [-0.05, 0) is 64.2 Å². The van der Waals surface area contributed by atoms with E-state index in [2.05, 4.69) is 29.2 Å². The molecule has 3 rings (SSSR count). The maximum atomic E-state index is 12.6. The fourth-order valence-electron chi connectivity index (χ4n) is 4.69. The molecule has 1 aliphatic heterocycles. The van der Waals surface area contributed by atoms with Gasteiger partial charge in [0.25, 0.3) is 0 Å². The number of likely N-dealkylation sites (tertiary alicyclic amines) is 1. The van der Waals surface area contributed by atoms with Crippen molar-refractivity contribution in [2.45, 2.75) is 77.8 Å². The van der Waals surface area contributed by atoms with Crippen molar-refractivity contribution in [3.05, 3.63) is 29.1 Å². The van der Waals surface area contributed by atoms with E-state index >= 15 is 0 Å². The summed E-state index contributed by atoms with van der Waals surface area (Å²) in [4.78, 5) is 14.4. The highest BCUT2D eigenvalue weighted by Crippen LogP contribution is 2.32. The maximum absolute atomic E-state index is 12.6. The third kappa shape index (κ3) is 5.51. The van der Waals surface area contributed by atoms with Gasteiger partial charge in [0.2, 0.25) is 15.9 Å². The molecule has 162 valence electrons. The number of hydrogen-bond acceptors (Lipinski definition) is 3. The lowest BCUT2D eigenvalue weighted by Crippen LogP contribution is -2.46. The minimum absolute atomic E-state index is 0.00395. The first-order valence-electron chi connectivity index (χ1n) is 11.0. The molecule has 1 aromatic heterocycles. The van der Waals surface area contributed by atoms with Crippen LogP contribution in [0.1, 0.15) is 74.9 Å². The Hall–Kier alpha value is -1.60. The lowest BCUT2D eigenvalue weighted by atomic mass is 9.95. The van der Waals surface area contributed by atoms with Crippen LogP contribution < -0.4 is 4.72 Å². The molecular weight excluding hydrogens is 386 g/mol. The molecular formula is C22H35N3O3S. The predicted octanol–water partition coefficient (Wildman–Crippen LogP) is 3.55. The third-order valence-electron chi connectivity index (χ3n) is 6.40. The summed E-state index contributed by atoms with van der Waals surface area (Å²) in [6.07, 6.45) is 11.4. The smallest absolute Gasteiger partial charge is 0.246 e. The van der Waals surface area contributed by atoms with Crippen molar-refractivity contribution in [2.75, 3.05) is 18.8 Å². The highest BCUT2D eigenvalue weighted by molar-refractivity contribution is 7.89. The average Bonchev–Trinajstić information content (AvgIpc) is 3.00. The number of sulfonamides is 1. The SMILES string of the molecule is CCS(=O)(=O)NC1CCN(C(=O)C=Cc2cc(C)n(C3CCCCC3)c2C)CC1. The van der Waals surface area contributed by atoms with E-state index in [1.165, 1.54) is 43.5 Å². The third-order valence-corrected chi connectivity index (χ3v) is 7.85. The van der Waals surface area contributed by atoms with E-state index in [0.717, 1.165) is 5.56 Å². The van der Waals surface area contributed by atoms with Gasteiger partial charge in [-0.1, -0.05) is 19.3 Å². The van der Waals surface area contributed by atoms with E-state index in [4.69, 9.17) is 0 Å². The van der Waals surface area contributed by atoms with E-state index in [1.54, 1.807) is 13.0 Å². The van der Waals surface area contributed by atoms with Crippen LogP contribution in [0.2, 0.25) is 0 Å². The molecule has 1 saturated heterocycles. The van der Waals surface area contributed by atoms with Crippen LogP contribution in [-0.4, -0.2) is 48.7 Å². The molecule has 1 amide bonds. The Morgan fingerprint density at radius 1 is 1.14 bits per heavy atom. The molecule has 7 heteroatoms. The molecule has 0 radical (unpaired) electrons. The first-order valence-corrected chi connectivity index (χ1v) is 12.6. The van der Waals surface area contributed by atoms with Crippen molar-refractivity contribution in [1.82, 2.24) is 14.2 Å². The van der Waals surface area contributed by atoms with Crippen LogP contribution >= 0.6 is 0 Å². The van der Waals surface area contributed by atoms with Crippen LogP contribution in [0.5, 0.6) is 0 Å². The lowest BCUT2D eigenvalue weighted by molar-refractivity contribution is -0.126. The minimum atomic E-state index is -3.19. The molecule has 2 aliphatic rings. The van der Waals surface area contributed by atoms with Crippen LogP contribution in [-0.2, 0) is 14.8 Å². The zero-order chi connectivity index (χ0) is 21.0. The van der Waals surface area contributed by atoms with Gasteiger partial charge in [0.05, 0.1) is 5.75 Å². The highest BCUT2D eigenvalue weighted by atomic mass is 32.2. The van der Waals surface area contributed by atoms with Gasteiger partial charge in [-0.2, -0.15) is 0 Å². The van der Waals surface area contributed by atoms with E-state index < -0.39 is 10.0 Å². The highest BCUT2D eigenvalue weighted by Gasteiger charge is 2.24. The van der Waals surface area contributed by atoms with Crippen LogP contribution in [0.15, 0.2) is 12.1 Å². The normalized spacial score (nSPS) is 19.9. The Kier molecular flexibility index (Phi) is 7.22. The monoisotopic (exact) mass is 421 g/mol. The van der Waals surface area contributed by atoms with Crippen molar-refractivity contribution in [3.8, 4) is 0 Å². The second-order valence-corrected chi connectivity index (χ2v) is 10.5. The molecule has 1 aromatic rings. The number of carbonyl (C=O) groups excluding carboxylic acids is 1. The fourth-order valence-corrected chi connectivity index (χ4v) is 5.60. The molecule has 0 aromatic carbocycles. The summed E-state index contributed by atoms with van der Waals surface area (Å²) < 4.78 is 28.6. The molecule has 0 bridgehead atoms. The Labute approximate surface area is 175 Å². The summed E-state index contributed by atoms with van der Waals surface area (Å²) in [7, 11) is -3.19. The first kappa shape index (κ1) is 22.1.